The number of hydrogen-bond donors (Lipinski definition) is 2. The van der Waals surface area contributed by atoms with E-state index in [1.807, 2.05) is 24.3 Å². The summed E-state index contributed by atoms with van der Waals surface area (Å²) in [4.78, 5) is 0. The summed E-state index contributed by atoms with van der Waals surface area (Å²) in [5.74, 6) is 0.893. The molecular formula is C16H26N2OS. The number of benzene rings is 1. The van der Waals surface area contributed by atoms with E-state index in [1.165, 1.54) is 38.5 Å². The van der Waals surface area contributed by atoms with Gasteiger partial charge in [-0.1, -0.05) is 45.4 Å². The molecule has 112 valence electrons. The minimum Gasteiger partial charge on any atom is -0.494 e. The van der Waals surface area contributed by atoms with Crippen molar-refractivity contribution in [2.24, 2.45) is 5.73 Å². The van der Waals surface area contributed by atoms with Gasteiger partial charge in [-0.15, -0.1) is 0 Å². The Bertz CT molecular complexity index is 379. The fraction of sp³-hybridized carbons (Fsp3) is 0.562. The number of thiocarbonyl (C=S) groups is 1. The van der Waals surface area contributed by atoms with E-state index in [9.17, 15) is 0 Å². The van der Waals surface area contributed by atoms with Crippen LogP contribution in [0.4, 0.5) is 5.69 Å². The maximum absolute atomic E-state index is 5.70. The highest BCUT2D eigenvalue weighted by Gasteiger charge is 1.96. The smallest absolute Gasteiger partial charge is 0.168 e. The van der Waals surface area contributed by atoms with Crippen LogP contribution in [-0.4, -0.2) is 11.7 Å². The summed E-state index contributed by atoms with van der Waals surface area (Å²) in [6.07, 6.45) is 9.10. The van der Waals surface area contributed by atoms with E-state index >= 15 is 0 Å². The van der Waals surface area contributed by atoms with E-state index in [-0.39, 0.29) is 5.11 Å². The van der Waals surface area contributed by atoms with Crippen LogP contribution in [0.25, 0.3) is 0 Å². The van der Waals surface area contributed by atoms with Crippen molar-refractivity contribution in [3.63, 3.8) is 0 Å². The minimum absolute atomic E-state index is 0.279. The number of nitrogens with two attached hydrogens (primary N) is 1. The van der Waals surface area contributed by atoms with Crippen molar-refractivity contribution in [1.82, 2.24) is 0 Å². The van der Waals surface area contributed by atoms with Gasteiger partial charge in [-0.2, -0.15) is 0 Å². The molecule has 0 aliphatic carbocycles. The summed E-state index contributed by atoms with van der Waals surface area (Å²) in [5.41, 5.74) is 6.30. The summed E-state index contributed by atoms with van der Waals surface area (Å²) in [6, 6.07) is 7.70. The molecule has 0 radical (unpaired) electrons. The lowest BCUT2D eigenvalue weighted by atomic mass is 10.1. The van der Waals surface area contributed by atoms with Crippen LogP contribution in [0.3, 0.4) is 0 Å². The van der Waals surface area contributed by atoms with Crippen LogP contribution in [0.15, 0.2) is 24.3 Å². The lowest BCUT2D eigenvalue weighted by Crippen LogP contribution is -2.18. The second kappa shape index (κ2) is 10.5. The molecule has 0 fully saturated rings. The summed E-state index contributed by atoms with van der Waals surface area (Å²) in [6.45, 7) is 3.03. The number of nitrogens with one attached hydrogen (secondary N) is 1. The van der Waals surface area contributed by atoms with E-state index in [0.29, 0.717) is 0 Å². The van der Waals surface area contributed by atoms with Crippen LogP contribution in [0.5, 0.6) is 5.75 Å². The Hall–Kier alpha value is -1.29. The summed E-state index contributed by atoms with van der Waals surface area (Å²) >= 11 is 4.78. The van der Waals surface area contributed by atoms with Crippen LogP contribution in [0.1, 0.15) is 51.9 Å². The number of rotatable bonds is 10. The van der Waals surface area contributed by atoms with Crippen LogP contribution in [0.2, 0.25) is 0 Å². The zero-order valence-corrected chi connectivity index (χ0v) is 13.2. The molecule has 0 saturated carbocycles. The first-order valence-corrected chi connectivity index (χ1v) is 7.92. The Kier molecular flexibility index (Phi) is 8.79. The maximum atomic E-state index is 5.70. The zero-order chi connectivity index (χ0) is 14.6. The molecule has 0 bridgehead atoms. The Morgan fingerprint density at radius 2 is 1.65 bits per heavy atom. The highest BCUT2D eigenvalue weighted by molar-refractivity contribution is 7.80. The van der Waals surface area contributed by atoms with Crippen molar-refractivity contribution in [1.29, 1.82) is 0 Å². The molecule has 0 unspecified atom stereocenters. The van der Waals surface area contributed by atoms with Gasteiger partial charge in [-0.3, -0.25) is 0 Å². The van der Waals surface area contributed by atoms with Crippen molar-refractivity contribution in [2.45, 2.75) is 51.9 Å². The molecule has 3 nitrogen and oxygen atoms in total. The van der Waals surface area contributed by atoms with Crippen LogP contribution in [-0.2, 0) is 0 Å². The van der Waals surface area contributed by atoms with Crippen molar-refractivity contribution in [3.05, 3.63) is 24.3 Å². The molecule has 4 heteroatoms. The van der Waals surface area contributed by atoms with Crippen LogP contribution >= 0.6 is 12.2 Å². The molecule has 0 amide bonds. The van der Waals surface area contributed by atoms with E-state index in [2.05, 4.69) is 12.2 Å². The third-order valence-corrected chi connectivity index (χ3v) is 3.24. The number of unbranched alkanes of at least 4 members (excludes halogenated alkanes) is 6. The molecule has 0 saturated heterocycles. The van der Waals surface area contributed by atoms with E-state index < -0.39 is 0 Å². The predicted molar refractivity (Wildman–Crippen MR) is 90.3 cm³/mol. The van der Waals surface area contributed by atoms with E-state index in [0.717, 1.165) is 24.5 Å². The Labute approximate surface area is 127 Å². The standard InChI is InChI=1S/C16H26N2OS/c1-2-3-4-5-6-7-8-13-19-15-11-9-14(10-12-15)18-16(17)20/h9-12H,2-8,13H2,1H3,(H3,17,18,20). The predicted octanol–water partition coefficient (Wildman–Crippen LogP) is 4.47. The number of anilines is 1. The van der Waals surface area contributed by atoms with Crippen LogP contribution in [0, 0.1) is 0 Å². The quantitative estimate of drug-likeness (QED) is 0.493. The topological polar surface area (TPSA) is 47.3 Å². The molecule has 3 N–H and O–H groups in total. The Balaban J connectivity index is 2.08. The normalized spacial score (nSPS) is 10.2. The van der Waals surface area contributed by atoms with Gasteiger partial charge in [0.25, 0.3) is 0 Å². The fourth-order valence-electron chi connectivity index (χ4n) is 2.03. The van der Waals surface area contributed by atoms with Crippen molar-refractivity contribution >= 4 is 23.0 Å². The number of ether oxygens (including phenoxy) is 1. The van der Waals surface area contributed by atoms with Crippen LogP contribution < -0.4 is 15.8 Å². The SMILES string of the molecule is CCCCCCCCCOc1ccc(NC(N)=S)cc1. The van der Waals surface area contributed by atoms with Gasteiger partial charge in [0, 0.05) is 5.69 Å². The molecule has 1 rings (SSSR count). The highest BCUT2D eigenvalue weighted by atomic mass is 32.1. The molecule has 0 atom stereocenters. The second-order valence-electron chi connectivity index (χ2n) is 4.98. The second-order valence-corrected chi connectivity index (χ2v) is 5.42. The molecular weight excluding hydrogens is 268 g/mol. The van der Waals surface area contributed by atoms with Gasteiger partial charge in [-0.05, 0) is 42.9 Å². The molecule has 1 aromatic rings. The monoisotopic (exact) mass is 294 g/mol. The number of hydrogen-bond acceptors (Lipinski definition) is 2. The lowest BCUT2D eigenvalue weighted by Gasteiger charge is -2.08. The van der Waals surface area contributed by atoms with E-state index in [1.54, 1.807) is 0 Å². The molecule has 0 aliphatic heterocycles. The molecule has 0 aromatic heterocycles. The highest BCUT2D eigenvalue weighted by Crippen LogP contribution is 2.16. The molecule has 1 aromatic carbocycles. The van der Waals surface area contributed by atoms with Crippen molar-refractivity contribution in [2.75, 3.05) is 11.9 Å². The summed E-state index contributed by atoms with van der Waals surface area (Å²) in [5, 5.41) is 3.17. The van der Waals surface area contributed by atoms with Crippen molar-refractivity contribution in [3.8, 4) is 5.75 Å². The molecule has 0 aliphatic rings. The largest absolute Gasteiger partial charge is 0.494 e. The van der Waals surface area contributed by atoms with Gasteiger partial charge in [0.1, 0.15) is 5.75 Å². The first-order chi connectivity index (χ1) is 9.72. The van der Waals surface area contributed by atoms with E-state index in [4.69, 9.17) is 22.7 Å². The van der Waals surface area contributed by atoms with Gasteiger partial charge in [0.2, 0.25) is 0 Å². The third-order valence-electron chi connectivity index (χ3n) is 3.14. The average Bonchev–Trinajstić information content (AvgIpc) is 2.43. The van der Waals surface area contributed by atoms with Gasteiger partial charge in [0.05, 0.1) is 6.61 Å². The first kappa shape index (κ1) is 16.8. The van der Waals surface area contributed by atoms with Gasteiger partial charge < -0.3 is 15.8 Å². The average molecular weight is 294 g/mol. The third kappa shape index (κ3) is 8.00. The maximum Gasteiger partial charge on any atom is 0.168 e. The van der Waals surface area contributed by atoms with Crippen molar-refractivity contribution < 1.29 is 4.74 Å². The minimum atomic E-state index is 0.279. The Morgan fingerprint density at radius 3 is 2.25 bits per heavy atom. The molecule has 0 spiro atoms. The zero-order valence-electron chi connectivity index (χ0n) is 12.4. The summed E-state index contributed by atoms with van der Waals surface area (Å²) < 4.78 is 5.70. The molecule has 20 heavy (non-hydrogen) atoms. The Morgan fingerprint density at radius 1 is 1.05 bits per heavy atom. The summed E-state index contributed by atoms with van der Waals surface area (Å²) in [7, 11) is 0. The molecule has 0 heterocycles. The lowest BCUT2D eigenvalue weighted by molar-refractivity contribution is 0.304. The van der Waals surface area contributed by atoms with Gasteiger partial charge in [-0.25, -0.2) is 0 Å². The van der Waals surface area contributed by atoms with Gasteiger partial charge in [0.15, 0.2) is 5.11 Å². The first-order valence-electron chi connectivity index (χ1n) is 7.51. The fourth-order valence-corrected chi connectivity index (χ4v) is 2.14. The van der Waals surface area contributed by atoms with Gasteiger partial charge >= 0.3 is 0 Å².